The summed E-state index contributed by atoms with van der Waals surface area (Å²) in [7, 11) is 0. The Hall–Kier alpha value is -5.57. The smallest absolute Gasteiger partial charge is 0.148 e. The maximum Gasteiger partial charge on any atom is 0.148 e. The van der Waals surface area contributed by atoms with Crippen molar-refractivity contribution in [2.45, 2.75) is 130 Å². The number of benzene rings is 6. The van der Waals surface area contributed by atoms with Gasteiger partial charge in [0.25, 0.3) is 0 Å². The van der Waals surface area contributed by atoms with Crippen molar-refractivity contribution in [1.29, 1.82) is 0 Å². The van der Waals surface area contributed by atoms with Crippen LogP contribution in [0.3, 0.4) is 0 Å². The van der Waals surface area contributed by atoms with E-state index in [4.69, 9.17) is 46.1 Å². The number of aromatic hydroxyl groups is 1. The van der Waals surface area contributed by atoms with E-state index < -0.39 is 141 Å². The largest absolute Gasteiger partial charge is 0.507 e. The number of pyridine rings is 1. The number of fused-ring (bicyclic) bond motifs is 1. The minimum absolute atomic E-state index is 0. The number of rotatable bonds is 6. The molecule has 0 bridgehead atoms. The number of aromatic nitrogens is 3. The number of nitrogens with zero attached hydrogens (tertiary/aromatic N) is 3. The first-order chi connectivity index (χ1) is 43.3. The van der Waals surface area contributed by atoms with E-state index in [1.54, 1.807) is 42.5 Å². The van der Waals surface area contributed by atoms with Gasteiger partial charge in [0.2, 0.25) is 0 Å². The maximum atomic E-state index is 13.1. The molecule has 67 heavy (non-hydrogen) atoms. The maximum absolute atomic E-state index is 13.1. The molecule has 8 rings (SSSR count). The van der Waals surface area contributed by atoms with Gasteiger partial charge in [0.05, 0.1) is 26.4 Å². The number of phenols is 1. The Morgan fingerprint density at radius 3 is 1.90 bits per heavy atom. The third kappa shape index (κ3) is 10.0. The van der Waals surface area contributed by atoms with E-state index in [1.165, 1.54) is 22.9 Å². The summed E-state index contributed by atoms with van der Waals surface area (Å²) >= 11 is 0. The fraction of sp³-hybridized carbons (Fsp3) is 0.323. The van der Waals surface area contributed by atoms with Crippen LogP contribution in [0.5, 0.6) is 5.75 Å². The van der Waals surface area contributed by atoms with E-state index >= 15 is 0 Å². The summed E-state index contributed by atoms with van der Waals surface area (Å²) in [4.78, 5) is 9.74. The quantitative estimate of drug-likeness (QED) is 0.169. The fourth-order valence-corrected chi connectivity index (χ4v) is 7.93. The van der Waals surface area contributed by atoms with Crippen molar-refractivity contribution in [3.05, 3.63) is 167 Å². The first kappa shape index (κ1) is 23.6. The molecule has 0 saturated carbocycles. The van der Waals surface area contributed by atoms with E-state index in [0.29, 0.717) is 22.8 Å². The number of hydrogen-bond acceptors (Lipinski definition) is 3. The van der Waals surface area contributed by atoms with Gasteiger partial charge in [0.1, 0.15) is 11.6 Å². The molecular weight excluding hydrogens is 998 g/mol. The van der Waals surface area contributed by atoms with Gasteiger partial charge in [0.15, 0.2) is 0 Å². The molecule has 6 aromatic carbocycles. The van der Waals surface area contributed by atoms with Gasteiger partial charge in [-0.15, -0.1) is 29.3 Å². The summed E-state index contributed by atoms with van der Waals surface area (Å²) in [5.74, 6) is -2.01. The third-order valence-electron chi connectivity index (χ3n) is 11.5. The molecule has 348 valence electrons. The number of imidazole rings is 1. The summed E-state index contributed by atoms with van der Waals surface area (Å²) in [5, 5.41) is 13.1. The molecule has 0 amide bonds. The van der Waals surface area contributed by atoms with Crippen LogP contribution in [-0.2, 0) is 48.1 Å². The van der Waals surface area contributed by atoms with Crippen molar-refractivity contribution in [3.63, 3.8) is 0 Å². The fourth-order valence-electron chi connectivity index (χ4n) is 7.93. The predicted octanol–water partition coefficient (Wildman–Crippen LogP) is 16.7. The Bertz CT molecular complexity index is 4190. The summed E-state index contributed by atoms with van der Waals surface area (Å²) < 4.78 is 261. The van der Waals surface area contributed by atoms with Gasteiger partial charge in [-0.2, -0.15) is 0 Å². The molecule has 0 radical (unpaired) electrons. The zero-order valence-corrected chi connectivity index (χ0v) is 39.8. The van der Waals surface area contributed by atoms with Crippen LogP contribution in [0.4, 0.5) is 0 Å². The van der Waals surface area contributed by atoms with Crippen LogP contribution >= 0.6 is 0 Å². The van der Waals surface area contributed by atoms with Crippen molar-refractivity contribution in [1.82, 2.24) is 14.5 Å². The normalized spacial score (nSPS) is 20.9. The minimum Gasteiger partial charge on any atom is -0.507 e. The zero-order valence-electron chi connectivity index (χ0n) is 67.6. The van der Waals surface area contributed by atoms with Crippen LogP contribution in [0.2, 0.25) is 0 Å². The summed E-state index contributed by atoms with van der Waals surface area (Å²) in [6.45, 7) is -25.4. The molecule has 2 aromatic heterocycles. The zero-order chi connectivity index (χ0) is 72.8. The van der Waals surface area contributed by atoms with Gasteiger partial charge >= 0.3 is 0 Å². The van der Waals surface area contributed by atoms with E-state index in [0.717, 1.165) is 11.6 Å². The molecule has 5 heteroatoms. The molecule has 0 aliphatic heterocycles. The third-order valence-corrected chi connectivity index (χ3v) is 11.5. The van der Waals surface area contributed by atoms with Crippen molar-refractivity contribution in [2.24, 2.45) is 0 Å². The molecule has 0 aliphatic rings. The van der Waals surface area contributed by atoms with Crippen LogP contribution < -0.4 is 0 Å². The molecule has 0 unspecified atom stereocenters. The molecule has 8 aromatic rings. The average molecular weight is 1100 g/mol. The Morgan fingerprint density at radius 2 is 1.21 bits per heavy atom. The molecule has 0 atom stereocenters. The van der Waals surface area contributed by atoms with E-state index in [-0.39, 0.29) is 77.4 Å². The molecule has 2 heterocycles. The van der Waals surface area contributed by atoms with E-state index in [9.17, 15) is 5.11 Å². The molecule has 0 fully saturated rings. The molecule has 1 N–H and O–H groups in total. The summed E-state index contributed by atoms with van der Waals surface area (Å²) in [6.07, 6.45) is 1.30. The predicted molar refractivity (Wildman–Crippen MR) is 280 cm³/mol. The van der Waals surface area contributed by atoms with Crippen LogP contribution in [0.15, 0.2) is 134 Å². The monoisotopic (exact) mass is 1100 g/mol. The van der Waals surface area contributed by atoms with Gasteiger partial charge in [-0.3, -0.25) is 9.55 Å². The molecule has 0 spiro atoms. The van der Waals surface area contributed by atoms with E-state index in [2.05, 4.69) is 11.1 Å². The van der Waals surface area contributed by atoms with E-state index in [1.807, 2.05) is 77.9 Å². The van der Waals surface area contributed by atoms with Crippen molar-refractivity contribution >= 4 is 11.0 Å². The standard InChI is InChI=1S/C62H68N3O.Pt/c1-58(2,3)45-27-24-40(25-28-45)42-30-31-63-52(36-42)44-32-43(33-46(34-44)59(4,5)6)48-22-19-23-54-55(48)64-57(49-37-47(60(7,8)9)38-51(56(49)66)62(13,14)15)65(54)53-29-26-41(35-50(53)61(10,11)12)39-20-17-16-18-21-39;/h16-31,33-38,66H,1-15H3;/q-1;/i1D3,2D3,3D3,7D3,8D3,9D3,13D3,14D3,15D3,24D,27D,28D;. The van der Waals surface area contributed by atoms with Crippen molar-refractivity contribution in [3.8, 4) is 67.5 Å². The molecule has 4 nitrogen and oxygen atoms in total. The summed E-state index contributed by atoms with van der Waals surface area (Å²) in [6, 6.07) is 27.7. The van der Waals surface area contributed by atoms with Crippen LogP contribution in [0, 0.1) is 6.07 Å². The number of para-hydroxylation sites is 1. The second-order valence-electron chi connectivity index (χ2n) is 18.7. The Labute approximate surface area is 457 Å². The van der Waals surface area contributed by atoms with Gasteiger partial charge in [-0.05, 0) is 96.4 Å². The second kappa shape index (κ2) is 17.8. The topological polar surface area (TPSA) is 50.9 Å². The minimum atomic E-state index is -4.24. The Kier molecular flexibility index (Phi) is 6.29. The first-order valence-corrected chi connectivity index (χ1v) is 21.1. The van der Waals surface area contributed by atoms with Crippen molar-refractivity contribution in [2.75, 3.05) is 0 Å². The number of hydrogen-bond donors (Lipinski definition) is 1. The SMILES string of the molecule is [2H]c1cc(-c2ccnc(-c3[c-]c(-c4cccc5c4nc(-c4cc(C(C([2H])([2H])[2H])(C([2H])([2H])[2H])C([2H])([2H])[2H])cc(C(C([2H])([2H])[2H])(C([2H])([2H])[2H])C([2H])([2H])[2H])c4O)n5-c4ccc(-c5ccccc5)cc4C(C)(C)C)cc(C(C)(C)C)c3)c2)c([2H])c([2H])c1C(C([2H])([2H])[2H])(C([2H])([2H])[2H])C([2H])([2H])[2H].[Pt]. The Morgan fingerprint density at radius 1 is 0.537 bits per heavy atom. The molecular formula is C62H68N3OPt-. The van der Waals surface area contributed by atoms with Crippen LogP contribution in [0.25, 0.3) is 72.7 Å². The first-order valence-electron chi connectivity index (χ1n) is 36.1. The van der Waals surface area contributed by atoms with Gasteiger partial charge in [-0.25, -0.2) is 4.98 Å². The van der Waals surface area contributed by atoms with Crippen LogP contribution in [-0.4, -0.2) is 19.6 Å². The van der Waals surface area contributed by atoms with Gasteiger partial charge in [0, 0.05) is 75.5 Å². The summed E-state index contributed by atoms with van der Waals surface area (Å²) in [5.41, 5.74) is -15.1. The molecule has 0 aliphatic carbocycles. The average Bonchev–Trinajstić information content (AvgIpc) is 1.23. The van der Waals surface area contributed by atoms with Gasteiger partial charge < -0.3 is 5.11 Å². The van der Waals surface area contributed by atoms with Gasteiger partial charge in [-0.1, -0.05) is 199 Å². The second-order valence-corrected chi connectivity index (χ2v) is 18.7. The van der Waals surface area contributed by atoms with Crippen LogP contribution in [0.1, 0.15) is 172 Å². The number of phenolic OH excluding ortho intramolecular Hbond substituents is 1. The Balaban J connectivity index is 0.0000133. The van der Waals surface area contributed by atoms with Crippen molar-refractivity contribution < 1.29 is 67.3 Å². The molecule has 0 saturated heterocycles.